The standard InChI is InChI=1S/C23H13Cl4F3N2O2/c24-12-3-10(4-13(25)7-12)19-20(23(19,26)27)22(34)31-16-1-2-17(30)18(9-16)32-21(33)11-5-14(28)8-15(29)6-11/h1-9,19-20H,(H,31,34)(H,32,33)/t19-,20+/m0/s1. The number of benzene rings is 3. The quantitative estimate of drug-likeness (QED) is 0.332. The van der Waals surface area contributed by atoms with Crippen LogP contribution in [0, 0.1) is 23.4 Å². The van der Waals surface area contributed by atoms with Crippen LogP contribution >= 0.6 is 46.4 Å². The van der Waals surface area contributed by atoms with Gasteiger partial charge in [-0.25, -0.2) is 13.2 Å². The highest BCUT2D eigenvalue weighted by molar-refractivity contribution is 6.53. The van der Waals surface area contributed by atoms with Crippen molar-refractivity contribution in [2.75, 3.05) is 10.6 Å². The lowest BCUT2D eigenvalue weighted by atomic mass is 10.1. The van der Waals surface area contributed by atoms with Gasteiger partial charge < -0.3 is 10.6 Å². The maximum absolute atomic E-state index is 14.3. The fourth-order valence-corrected chi connectivity index (χ4v) is 4.99. The van der Waals surface area contributed by atoms with Gasteiger partial charge >= 0.3 is 0 Å². The van der Waals surface area contributed by atoms with E-state index < -0.39 is 45.4 Å². The van der Waals surface area contributed by atoms with Gasteiger partial charge in [-0.15, -0.1) is 23.2 Å². The molecule has 1 aliphatic rings. The zero-order valence-corrected chi connectivity index (χ0v) is 19.8. The fourth-order valence-electron chi connectivity index (χ4n) is 3.62. The first kappa shape index (κ1) is 24.7. The summed E-state index contributed by atoms with van der Waals surface area (Å²) in [4.78, 5) is 25.2. The molecule has 0 bridgehead atoms. The van der Waals surface area contributed by atoms with Crippen LogP contribution in [-0.2, 0) is 4.79 Å². The number of nitrogens with one attached hydrogen (secondary N) is 2. The molecule has 0 aromatic heterocycles. The largest absolute Gasteiger partial charge is 0.326 e. The van der Waals surface area contributed by atoms with E-state index in [1.165, 1.54) is 12.1 Å². The highest BCUT2D eigenvalue weighted by Gasteiger charge is 2.67. The van der Waals surface area contributed by atoms with E-state index in [1.54, 1.807) is 12.1 Å². The van der Waals surface area contributed by atoms with Gasteiger partial charge in [0.2, 0.25) is 5.91 Å². The van der Waals surface area contributed by atoms with Crippen LogP contribution in [-0.4, -0.2) is 16.1 Å². The minimum Gasteiger partial charge on any atom is -0.326 e. The third kappa shape index (κ3) is 5.13. The average Bonchev–Trinajstić information content (AvgIpc) is 3.31. The first-order valence-electron chi connectivity index (χ1n) is 9.67. The summed E-state index contributed by atoms with van der Waals surface area (Å²) >= 11 is 24.7. The molecule has 0 unspecified atom stereocenters. The summed E-state index contributed by atoms with van der Waals surface area (Å²) in [6.07, 6.45) is 0. The topological polar surface area (TPSA) is 58.2 Å². The predicted molar refractivity (Wildman–Crippen MR) is 126 cm³/mol. The summed E-state index contributed by atoms with van der Waals surface area (Å²) in [5, 5.41) is 5.51. The van der Waals surface area contributed by atoms with Crippen molar-refractivity contribution in [1.82, 2.24) is 0 Å². The van der Waals surface area contributed by atoms with Crippen LogP contribution in [0.15, 0.2) is 54.6 Å². The summed E-state index contributed by atoms with van der Waals surface area (Å²) in [6, 6.07) is 10.4. The number of amides is 2. The molecule has 1 fully saturated rings. The van der Waals surface area contributed by atoms with Gasteiger partial charge in [-0.3, -0.25) is 9.59 Å². The lowest BCUT2D eigenvalue weighted by molar-refractivity contribution is -0.117. The highest BCUT2D eigenvalue weighted by atomic mass is 35.5. The van der Waals surface area contributed by atoms with E-state index in [9.17, 15) is 22.8 Å². The molecule has 0 spiro atoms. The molecule has 0 saturated heterocycles. The Morgan fingerprint density at radius 2 is 1.44 bits per heavy atom. The van der Waals surface area contributed by atoms with Crippen LogP contribution in [0.3, 0.4) is 0 Å². The van der Waals surface area contributed by atoms with Gasteiger partial charge in [0, 0.05) is 33.3 Å². The Bertz CT molecular complexity index is 1280. The van der Waals surface area contributed by atoms with Gasteiger partial charge in [-0.05, 0) is 54.1 Å². The highest BCUT2D eigenvalue weighted by Crippen LogP contribution is 2.65. The van der Waals surface area contributed by atoms with Crippen molar-refractivity contribution >= 4 is 69.6 Å². The molecule has 3 aromatic carbocycles. The average molecular weight is 548 g/mol. The van der Waals surface area contributed by atoms with Crippen molar-refractivity contribution < 1.29 is 22.8 Å². The first-order valence-corrected chi connectivity index (χ1v) is 11.2. The maximum atomic E-state index is 14.3. The fraction of sp³-hybridized carbons (Fsp3) is 0.130. The Morgan fingerprint density at radius 1 is 0.824 bits per heavy atom. The van der Waals surface area contributed by atoms with Crippen molar-refractivity contribution in [3.8, 4) is 0 Å². The molecular weight excluding hydrogens is 535 g/mol. The van der Waals surface area contributed by atoms with Crippen molar-refractivity contribution in [2.45, 2.75) is 10.3 Å². The van der Waals surface area contributed by atoms with Crippen molar-refractivity contribution in [2.24, 2.45) is 5.92 Å². The Kier molecular flexibility index (Phi) is 6.75. The van der Waals surface area contributed by atoms with Gasteiger partial charge in [0.15, 0.2) is 0 Å². The molecule has 176 valence electrons. The van der Waals surface area contributed by atoms with Crippen molar-refractivity contribution in [3.63, 3.8) is 0 Å². The minimum atomic E-state index is -1.42. The normalized spacial score (nSPS) is 18.3. The van der Waals surface area contributed by atoms with Crippen LogP contribution in [0.25, 0.3) is 0 Å². The van der Waals surface area contributed by atoms with Crippen LogP contribution in [0.5, 0.6) is 0 Å². The molecule has 11 heteroatoms. The third-order valence-corrected chi connectivity index (χ3v) is 6.56. The monoisotopic (exact) mass is 546 g/mol. The molecule has 0 aliphatic heterocycles. The summed E-state index contributed by atoms with van der Waals surface area (Å²) in [5.41, 5.74) is 0.0499. The summed E-state index contributed by atoms with van der Waals surface area (Å²) in [5.74, 6) is -5.69. The van der Waals surface area contributed by atoms with E-state index in [0.29, 0.717) is 21.7 Å². The molecule has 2 N–H and O–H groups in total. The van der Waals surface area contributed by atoms with Crippen LogP contribution in [0.4, 0.5) is 24.5 Å². The minimum absolute atomic E-state index is 0.131. The Morgan fingerprint density at radius 3 is 2.06 bits per heavy atom. The zero-order valence-electron chi connectivity index (χ0n) is 16.8. The molecule has 4 rings (SSSR count). The maximum Gasteiger partial charge on any atom is 0.255 e. The molecular formula is C23H13Cl4F3N2O2. The van der Waals surface area contributed by atoms with E-state index in [-0.39, 0.29) is 16.9 Å². The Balaban J connectivity index is 1.51. The number of hydrogen-bond donors (Lipinski definition) is 2. The van der Waals surface area contributed by atoms with E-state index >= 15 is 0 Å². The molecule has 1 saturated carbocycles. The number of hydrogen-bond acceptors (Lipinski definition) is 2. The second-order valence-corrected chi connectivity index (χ2v) is 9.95. The Labute approximate surface area is 211 Å². The number of carbonyl (C=O) groups excluding carboxylic acids is 2. The lowest BCUT2D eigenvalue weighted by Gasteiger charge is -2.10. The molecule has 0 radical (unpaired) electrons. The van der Waals surface area contributed by atoms with Gasteiger partial charge in [-0.2, -0.15) is 0 Å². The number of alkyl halides is 2. The van der Waals surface area contributed by atoms with Crippen LogP contribution in [0.1, 0.15) is 21.8 Å². The molecule has 2 amide bonds. The molecule has 34 heavy (non-hydrogen) atoms. The lowest BCUT2D eigenvalue weighted by Crippen LogP contribution is -2.18. The summed E-state index contributed by atoms with van der Waals surface area (Å²) in [6.45, 7) is 0. The number of anilines is 2. The molecule has 0 heterocycles. The summed E-state index contributed by atoms with van der Waals surface area (Å²) in [7, 11) is 0. The van der Waals surface area contributed by atoms with Gasteiger partial charge in [-0.1, -0.05) is 23.2 Å². The number of halogens is 7. The van der Waals surface area contributed by atoms with E-state index in [4.69, 9.17) is 46.4 Å². The van der Waals surface area contributed by atoms with Gasteiger partial charge in [0.25, 0.3) is 5.91 Å². The number of carbonyl (C=O) groups is 2. The van der Waals surface area contributed by atoms with Gasteiger partial charge in [0.05, 0.1) is 11.6 Å². The molecule has 1 aliphatic carbocycles. The third-order valence-electron chi connectivity index (χ3n) is 5.19. The second kappa shape index (κ2) is 9.30. The molecule has 2 atom stereocenters. The number of rotatable bonds is 5. The Hall–Kier alpha value is -2.45. The van der Waals surface area contributed by atoms with Gasteiger partial charge in [0.1, 0.15) is 21.8 Å². The zero-order chi connectivity index (χ0) is 24.8. The predicted octanol–water partition coefficient (Wildman–Crippen LogP) is 7.19. The summed E-state index contributed by atoms with van der Waals surface area (Å²) < 4.78 is 39.6. The first-order chi connectivity index (χ1) is 16.0. The second-order valence-electron chi connectivity index (χ2n) is 7.63. The smallest absolute Gasteiger partial charge is 0.255 e. The van der Waals surface area contributed by atoms with E-state index in [0.717, 1.165) is 24.3 Å². The van der Waals surface area contributed by atoms with Crippen molar-refractivity contribution in [3.05, 3.63) is 93.2 Å². The van der Waals surface area contributed by atoms with E-state index in [1.807, 2.05) is 0 Å². The van der Waals surface area contributed by atoms with Crippen molar-refractivity contribution in [1.29, 1.82) is 0 Å². The molecule has 3 aromatic rings. The van der Waals surface area contributed by atoms with E-state index in [2.05, 4.69) is 10.6 Å². The SMILES string of the molecule is O=C(Nc1cc(NC(=O)[C@H]2[C@H](c3cc(Cl)cc(Cl)c3)C2(Cl)Cl)ccc1F)c1cc(F)cc(F)c1. The van der Waals surface area contributed by atoms with Crippen LogP contribution < -0.4 is 10.6 Å². The van der Waals surface area contributed by atoms with Crippen LogP contribution in [0.2, 0.25) is 10.0 Å². The molecule has 4 nitrogen and oxygen atoms in total.